The first-order valence-electron chi connectivity index (χ1n) is 6.76. The van der Waals surface area contributed by atoms with E-state index in [1.807, 2.05) is 61.5 Å². The molecule has 2 aromatic rings. The Bertz CT molecular complexity index is 583. The van der Waals surface area contributed by atoms with Crippen molar-refractivity contribution in [3.8, 4) is 0 Å². The van der Waals surface area contributed by atoms with Crippen LogP contribution >= 0.6 is 0 Å². The van der Waals surface area contributed by atoms with Gasteiger partial charge in [-0.15, -0.1) is 0 Å². The number of ketones is 2. The van der Waals surface area contributed by atoms with Crippen LogP contribution in [0.1, 0.15) is 23.1 Å². The van der Waals surface area contributed by atoms with Crippen molar-refractivity contribution in [3.05, 3.63) is 71.3 Å². The molecule has 2 heteroatoms. The van der Waals surface area contributed by atoms with E-state index >= 15 is 0 Å². The summed E-state index contributed by atoms with van der Waals surface area (Å²) in [5, 5.41) is 0. The van der Waals surface area contributed by atoms with Crippen molar-refractivity contribution >= 4 is 11.6 Å². The van der Waals surface area contributed by atoms with E-state index in [-0.39, 0.29) is 18.0 Å². The Balaban J connectivity index is 1.85. The third kappa shape index (κ3) is 4.47. The Morgan fingerprint density at radius 1 is 0.750 bits per heavy atom. The van der Waals surface area contributed by atoms with Gasteiger partial charge in [-0.3, -0.25) is 9.59 Å². The van der Waals surface area contributed by atoms with Crippen molar-refractivity contribution in [1.29, 1.82) is 0 Å². The minimum absolute atomic E-state index is 0.0166. The first kappa shape index (κ1) is 14.2. The minimum atomic E-state index is -0.0201. The Morgan fingerprint density at radius 3 is 1.80 bits per heavy atom. The average Bonchev–Trinajstić information content (AvgIpc) is 2.42. The second-order valence-corrected chi connectivity index (χ2v) is 5.08. The van der Waals surface area contributed by atoms with Crippen molar-refractivity contribution in [2.24, 2.45) is 0 Å². The van der Waals surface area contributed by atoms with Gasteiger partial charge in [0, 0.05) is 12.8 Å². The van der Waals surface area contributed by atoms with E-state index in [1.54, 1.807) is 0 Å². The van der Waals surface area contributed by atoms with Gasteiger partial charge >= 0.3 is 0 Å². The van der Waals surface area contributed by atoms with Gasteiger partial charge < -0.3 is 0 Å². The average molecular weight is 266 g/mol. The molecule has 0 unspecified atom stereocenters. The molecule has 0 saturated heterocycles. The molecule has 0 radical (unpaired) electrons. The van der Waals surface area contributed by atoms with Gasteiger partial charge in [-0.05, 0) is 18.1 Å². The molecule has 0 aromatic heterocycles. The molecule has 2 aromatic carbocycles. The van der Waals surface area contributed by atoms with E-state index in [0.29, 0.717) is 12.8 Å². The fraction of sp³-hybridized carbons (Fsp3) is 0.222. The maximum atomic E-state index is 11.9. The first-order chi connectivity index (χ1) is 9.63. The van der Waals surface area contributed by atoms with Crippen LogP contribution < -0.4 is 0 Å². The molecule has 0 fully saturated rings. The topological polar surface area (TPSA) is 34.1 Å². The standard InChI is InChI=1S/C18H18O2/c1-14-7-9-16(10-8-14)12-18(20)13-17(19)11-15-5-3-2-4-6-15/h2-10H,11-13H2,1H3. The molecule has 0 bridgehead atoms. The molecule has 2 rings (SSSR count). The lowest BCUT2D eigenvalue weighted by Gasteiger charge is -2.02. The van der Waals surface area contributed by atoms with Crippen molar-refractivity contribution in [2.75, 3.05) is 0 Å². The van der Waals surface area contributed by atoms with Crippen LogP contribution in [0.3, 0.4) is 0 Å². The van der Waals surface area contributed by atoms with E-state index in [9.17, 15) is 9.59 Å². The molecule has 0 N–H and O–H groups in total. The normalized spacial score (nSPS) is 10.2. The molecule has 0 spiro atoms. The number of benzene rings is 2. The zero-order valence-electron chi connectivity index (χ0n) is 11.6. The Kier molecular flexibility index (Phi) is 4.83. The van der Waals surface area contributed by atoms with E-state index < -0.39 is 0 Å². The van der Waals surface area contributed by atoms with Crippen LogP contribution in [-0.4, -0.2) is 11.6 Å². The SMILES string of the molecule is Cc1ccc(CC(=O)CC(=O)Cc2ccccc2)cc1. The third-order valence-electron chi connectivity index (χ3n) is 3.16. The van der Waals surface area contributed by atoms with Crippen molar-refractivity contribution in [3.63, 3.8) is 0 Å². The van der Waals surface area contributed by atoms with Gasteiger partial charge in [0.25, 0.3) is 0 Å². The molecule has 0 heterocycles. The highest BCUT2D eigenvalue weighted by atomic mass is 16.1. The number of hydrogen-bond acceptors (Lipinski definition) is 2. The summed E-state index contributed by atoms with van der Waals surface area (Å²) in [6.07, 6.45) is 0.685. The van der Waals surface area contributed by atoms with Crippen LogP contribution in [0.25, 0.3) is 0 Å². The van der Waals surface area contributed by atoms with Gasteiger partial charge in [-0.1, -0.05) is 60.2 Å². The third-order valence-corrected chi connectivity index (χ3v) is 3.16. The summed E-state index contributed by atoms with van der Waals surface area (Å²) in [7, 11) is 0. The van der Waals surface area contributed by atoms with Gasteiger partial charge in [-0.25, -0.2) is 0 Å². The smallest absolute Gasteiger partial charge is 0.144 e. The number of hydrogen-bond donors (Lipinski definition) is 0. The number of aryl methyl sites for hydroxylation is 1. The van der Waals surface area contributed by atoms with Crippen molar-refractivity contribution in [2.45, 2.75) is 26.2 Å². The molecule has 0 aliphatic heterocycles. The number of carbonyl (C=O) groups is 2. The second-order valence-electron chi connectivity index (χ2n) is 5.08. The van der Waals surface area contributed by atoms with Gasteiger partial charge in [0.15, 0.2) is 0 Å². The van der Waals surface area contributed by atoms with E-state index in [1.165, 1.54) is 5.56 Å². The Labute approximate surface area is 119 Å². The summed E-state index contributed by atoms with van der Waals surface area (Å²) in [5.74, 6) is -0.0388. The number of carbonyl (C=O) groups excluding carboxylic acids is 2. The molecule has 102 valence electrons. The van der Waals surface area contributed by atoms with Crippen LogP contribution in [-0.2, 0) is 22.4 Å². The predicted octanol–water partition coefficient (Wildman–Crippen LogP) is 3.31. The van der Waals surface area contributed by atoms with Crippen molar-refractivity contribution < 1.29 is 9.59 Å². The van der Waals surface area contributed by atoms with E-state index in [4.69, 9.17) is 0 Å². The van der Waals surface area contributed by atoms with E-state index in [2.05, 4.69) is 0 Å². The maximum absolute atomic E-state index is 11.9. The summed E-state index contributed by atoms with van der Waals surface area (Å²) in [6.45, 7) is 2.01. The van der Waals surface area contributed by atoms with Gasteiger partial charge in [0.05, 0.1) is 6.42 Å². The fourth-order valence-corrected chi connectivity index (χ4v) is 2.10. The number of Topliss-reactive ketones (excluding diaryl/α,β-unsaturated/α-hetero) is 2. The predicted molar refractivity (Wildman–Crippen MR) is 79.7 cm³/mol. The van der Waals surface area contributed by atoms with Crippen LogP contribution in [0.2, 0.25) is 0 Å². The van der Waals surface area contributed by atoms with Crippen LogP contribution in [0.15, 0.2) is 54.6 Å². The molecule has 2 nitrogen and oxygen atoms in total. The van der Waals surface area contributed by atoms with Crippen LogP contribution in [0.5, 0.6) is 0 Å². The Morgan fingerprint density at radius 2 is 1.25 bits per heavy atom. The summed E-state index contributed by atoms with van der Waals surface area (Å²) >= 11 is 0. The molecular weight excluding hydrogens is 248 g/mol. The molecule has 20 heavy (non-hydrogen) atoms. The molecule has 0 aliphatic carbocycles. The van der Waals surface area contributed by atoms with Gasteiger partial charge in [0.2, 0.25) is 0 Å². The first-order valence-corrected chi connectivity index (χ1v) is 6.76. The van der Waals surface area contributed by atoms with Gasteiger partial charge in [0.1, 0.15) is 11.6 Å². The highest BCUT2D eigenvalue weighted by Crippen LogP contribution is 2.07. The number of rotatable bonds is 6. The zero-order valence-corrected chi connectivity index (χ0v) is 11.6. The quantitative estimate of drug-likeness (QED) is 0.752. The molecular formula is C18H18O2. The lowest BCUT2D eigenvalue weighted by molar-refractivity contribution is -0.126. The molecule has 0 aliphatic rings. The molecule has 0 saturated carbocycles. The monoisotopic (exact) mass is 266 g/mol. The summed E-state index contributed by atoms with van der Waals surface area (Å²) < 4.78 is 0. The van der Waals surface area contributed by atoms with Crippen LogP contribution in [0, 0.1) is 6.92 Å². The largest absolute Gasteiger partial charge is 0.299 e. The van der Waals surface area contributed by atoms with Crippen molar-refractivity contribution in [1.82, 2.24) is 0 Å². The minimum Gasteiger partial charge on any atom is -0.299 e. The summed E-state index contributed by atoms with van der Waals surface area (Å²) in [6, 6.07) is 17.4. The highest BCUT2D eigenvalue weighted by molar-refractivity contribution is 6.00. The summed E-state index contributed by atoms with van der Waals surface area (Å²) in [4.78, 5) is 23.7. The second kappa shape index (κ2) is 6.80. The Hall–Kier alpha value is -2.22. The van der Waals surface area contributed by atoms with Gasteiger partial charge in [-0.2, -0.15) is 0 Å². The van der Waals surface area contributed by atoms with E-state index in [0.717, 1.165) is 11.1 Å². The molecule has 0 atom stereocenters. The molecule has 0 amide bonds. The zero-order chi connectivity index (χ0) is 14.4. The van der Waals surface area contributed by atoms with Crippen LogP contribution in [0.4, 0.5) is 0 Å². The fourth-order valence-electron chi connectivity index (χ4n) is 2.10. The maximum Gasteiger partial charge on any atom is 0.144 e. The summed E-state index contributed by atoms with van der Waals surface area (Å²) in [5.41, 5.74) is 3.09. The lowest BCUT2D eigenvalue weighted by Crippen LogP contribution is -2.12. The highest BCUT2D eigenvalue weighted by Gasteiger charge is 2.10. The lowest BCUT2D eigenvalue weighted by atomic mass is 10.0.